The van der Waals surface area contributed by atoms with Gasteiger partial charge in [0.1, 0.15) is 6.54 Å². The molecule has 0 aliphatic heterocycles. The van der Waals surface area contributed by atoms with Gasteiger partial charge in [-0.15, -0.1) is 0 Å². The van der Waals surface area contributed by atoms with Gasteiger partial charge < -0.3 is 10.3 Å². The Morgan fingerprint density at radius 3 is 2.79 bits per heavy atom. The van der Waals surface area contributed by atoms with E-state index in [0.29, 0.717) is 5.92 Å². The van der Waals surface area contributed by atoms with Crippen molar-refractivity contribution in [1.29, 1.82) is 0 Å². The van der Waals surface area contributed by atoms with Gasteiger partial charge in [0.15, 0.2) is 0 Å². The van der Waals surface area contributed by atoms with Crippen molar-refractivity contribution in [2.24, 2.45) is 11.7 Å². The summed E-state index contributed by atoms with van der Waals surface area (Å²) in [5.41, 5.74) is 7.21. The highest BCUT2D eigenvalue weighted by molar-refractivity contribution is 5.73. The van der Waals surface area contributed by atoms with Gasteiger partial charge in [0, 0.05) is 5.69 Å². The summed E-state index contributed by atoms with van der Waals surface area (Å²) in [7, 11) is 0. The molecule has 0 atom stereocenters. The first-order valence-electron chi connectivity index (χ1n) is 4.79. The van der Waals surface area contributed by atoms with Crippen LogP contribution in [0.15, 0.2) is 6.33 Å². The second-order valence-corrected chi connectivity index (χ2v) is 3.97. The van der Waals surface area contributed by atoms with Crippen molar-refractivity contribution in [2.45, 2.75) is 33.7 Å². The molecule has 0 saturated carbocycles. The molecule has 1 amide bonds. The van der Waals surface area contributed by atoms with Crippen molar-refractivity contribution in [3.63, 3.8) is 0 Å². The Hall–Kier alpha value is -1.32. The number of nitrogens with two attached hydrogens (primary N) is 1. The predicted molar refractivity (Wildman–Crippen MR) is 54.7 cm³/mol. The molecule has 1 rings (SSSR count). The highest BCUT2D eigenvalue weighted by Crippen LogP contribution is 2.11. The molecule has 0 aliphatic carbocycles. The third-order valence-corrected chi connectivity index (χ3v) is 2.13. The Morgan fingerprint density at radius 2 is 2.29 bits per heavy atom. The molecule has 0 saturated heterocycles. The van der Waals surface area contributed by atoms with Gasteiger partial charge in [-0.1, -0.05) is 13.8 Å². The van der Waals surface area contributed by atoms with Crippen molar-refractivity contribution in [1.82, 2.24) is 9.55 Å². The molecule has 0 radical (unpaired) electrons. The summed E-state index contributed by atoms with van der Waals surface area (Å²) in [4.78, 5) is 15.0. The monoisotopic (exact) mass is 195 g/mol. The van der Waals surface area contributed by atoms with Crippen LogP contribution >= 0.6 is 0 Å². The topological polar surface area (TPSA) is 60.9 Å². The van der Waals surface area contributed by atoms with E-state index in [9.17, 15) is 4.79 Å². The molecule has 4 nitrogen and oxygen atoms in total. The molecule has 0 spiro atoms. The fourth-order valence-corrected chi connectivity index (χ4v) is 1.40. The van der Waals surface area contributed by atoms with E-state index in [1.807, 2.05) is 6.92 Å². The van der Waals surface area contributed by atoms with E-state index in [0.717, 1.165) is 17.8 Å². The highest BCUT2D eigenvalue weighted by Gasteiger charge is 2.09. The fraction of sp³-hybridized carbons (Fsp3) is 0.600. The molecule has 4 heteroatoms. The Morgan fingerprint density at radius 1 is 1.64 bits per heavy atom. The molecule has 2 N–H and O–H groups in total. The van der Waals surface area contributed by atoms with Crippen LogP contribution in [0.2, 0.25) is 0 Å². The van der Waals surface area contributed by atoms with Gasteiger partial charge in [-0.2, -0.15) is 0 Å². The second-order valence-electron chi connectivity index (χ2n) is 3.97. The summed E-state index contributed by atoms with van der Waals surface area (Å²) in [6, 6.07) is 0. The third-order valence-electron chi connectivity index (χ3n) is 2.13. The van der Waals surface area contributed by atoms with Gasteiger partial charge in [-0.25, -0.2) is 4.98 Å². The molecule has 0 bridgehead atoms. The first-order valence-corrected chi connectivity index (χ1v) is 4.79. The Labute approximate surface area is 84.1 Å². The van der Waals surface area contributed by atoms with E-state index in [2.05, 4.69) is 18.8 Å². The SMILES string of the molecule is Cc1c(CC(C)C)ncn1CC(N)=O. The van der Waals surface area contributed by atoms with Crippen molar-refractivity contribution in [3.05, 3.63) is 17.7 Å². The van der Waals surface area contributed by atoms with Crippen LogP contribution in [-0.2, 0) is 17.8 Å². The van der Waals surface area contributed by atoms with Gasteiger partial charge in [0.2, 0.25) is 5.91 Å². The van der Waals surface area contributed by atoms with Crippen LogP contribution in [0.4, 0.5) is 0 Å². The maximum absolute atomic E-state index is 10.7. The van der Waals surface area contributed by atoms with Crippen molar-refractivity contribution < 1.29 is 4.79 Å². The summed E-state index contributed by atoms with van der Waals surface area (Å²) >= 11 is 0. The predicted octanol–water partition coefficient (Wildman–Crippen LogP) is 0.875. The molecule has 1 aromatic heterocycles. The normalized spacial score (nSPS) is 10.9. The van der Waals surface area contributed by atoms with E-state index >= 15 is 0 Å². The summed E-state index contributed by atoms with van der Waals surface area (Å²) in [6.07, 6.45) is 2.62. The molecule has 0 unspecified atom stereocenters. The lowest BCUT2D eigenvalue weighted by Gasteiger charge is -2.04. The van der Waals surface area contributed by atoms with E-state index in [1.54, 1.807) is 10.9 Å². The molecule has 1 heterocycles. The molecular weight excluding hydrogens is 178 g/mol. The smallest absolute Gasteiger partial charge is 0.237 e. The lowest BCUT2D eigenvalue weighted by Crippen LogP contribution is -2.19. The van der Waals surface area contributed by atoms with E-state index < -0.39 is 0 Å². The lowest BCUT2D eigenvalue weighted by molar-refractivity contribution is -0.118. The number of imidazole rings is 1. The van der Waals surface area contributed by atoms with Crippen LogP contribution in [0, 0.1) is 12.8 Å². The molecule has 1 aromatic rings. The zero-order chi connectivity index (χ0) is 10.7. The van der Waals surface area contributed by atoms with E-state index in [-0.39, 0.29) is 12.5 Å². The van der Waals surface area contributed by atoms with Crippen molar-refractivity contribution in [2.75, 3.05) is 0 Å². The Kier molecular flexibility index (Phi) is 3.28. The number of amides is 1. The maximum atomic E-state index is 10.7. The fourth-order valence-electron chi connectivity index (χ4n) is 1.40. The van der Waals surface area contributed by atoms with Crippen molar-refractivity contribution in [3.8, 4) is 0 Å². The summed E-state index contributed by atoms with van der Waals surface area (Å²) in [5.74, 6) is 0.243. The number of carbonyl (C=O) groups excluding carboxylic acids is 1. The number of hydrogen-bond donors (Lipinski definition) is 1. The largest absolute Gasteiger partial charge is 0.368 e. The highest BCUT2D eigenvalue weighted by atomic mass is 16.1. The average Bonchev–Trinajstić information content (AvgIpc) is 2.34. The minimum atomic E-state index is -0.332. The van der Waals surface area contributed by atoms with Crippen LogP contribution in [0.3, 0.4) is 0 Å². The van der Waals surface area contributed by atoms with E-state index in [4.69, 9.17) is 5.73 Å². The molecule has 0 aromatic carbocycles. The third kappa shape index (κ3) is 2.58. The van der Waals surface area contributed by atoms with Gasteiger partial charge in [0.25, 0.3) is 0 Å². The first-order chi connectivity index (χ1) is 6.50. The number of hydrogen-bond acceptors (Lipinski definition) is 2. The van der Waals surface area contributed by atoms with Crippen LogP contribution in [0.25, 0.3) is 0 Å². The number of primary amides is 1. The quantitative estimate of drug-likeness (QED) is 0.775. The molecule has 0 fully saturated rings. The average molecular weight is 195 g/mol. The number of nitrogens with zero attached hydrogens (tertiary/aromatic N) is 2. The number of rotatable bonds is 4. The summed E-state index contributed by atoms with van der Waals surface area (Å²) in [6.45, 7) is 6.48. The standard InChI is InChI=1S/C10H17N3O/c1-7(2)4-9-8(3)13(6-12-9)5-10(11)14/h6-7H,4-5H2,1-3H3,(H2,11,14). The Bertz CT molecular complexity index is 328. The summed E-state index contributed by atoms with van der Waals surface area (Å²) < 4.78 is 1.79. The van der Waals surface area contributed by atoms with Gasteiger partial charge >= 0.3 is 0 Å². The zero-order valence-electron chi connectivity index (χ0n) is 8.95. The molecule has 14 heavy (non-hydrogen) atoms. The minimum Gasteiger partial charge on any atom is -0.368 e. The summed E-state index contributed by atoms with van der Waals surface area (Å²) in [5, 5.41) is 0. The van der Waals surface area contributed by atoms with Crippen LogP contribution in [-0.4, -0.2) is 15.5 Å². The molecular formula is C10H17N3O. The number of aromatic nitrogens is 2. The second kappa shape index (κ2) is 4.26. The van der Waals surface area contributed by atoms with Crippen LogP contribution < -0.4 is 5.73 Å². The van der Waals surface area contributed by atoms with Gasteiger partial charge in [-0.05, 0) is 19.3 Å². The van der Waals surface area contributed by atoms with Crippen molar-refractivity contribution >= 4 is 5.91 Å². The lowest BCUT2D eigenvalue weighted by atomic mass is 10.1. The van der Waals surface area contributed by atoms with Crippen LogP contribution in [0.5, 0.6) is 0 Å². The molecule has 78 valence electrons. The first kappa shape index (κ1) is 10.8. The number of carbonyl (C=O) groups is 1. The zero-order valence-corrected chi connectivity index (χ0v) is 8.95. The molecule has 0 aliphatic rings. The maximum Gasteiger partial charge on any atom is 0.237 e. The van der Waals surface area contributed by atoms with E-state index in [1.165, 1.54) is 0 Å². The van der Waals surface area contributed by atoms with Crippen LogP contribution in [0.1, 0.15) is 25.2 Å². The van der Waals surface area contributed by atoms with Gasteiger partial charge in [-0.3, -0.25) is 4.79 Å². The minimum absolute atomic E-state index is 0.219. The van der Waals surface area contributed by atoms with Gasteiger partial charge in [0.05, 0.1) is 12.0 Å². The Balaban J connectivity index is 2.79.